The Morgan fingerprint density at radius 2 is 1.87 bits per heavy atom. The molecule has 12 nitrogen and oxygen atoms in total. The summed E-state index contributed by atoms with van der Waals surface area (Å²) in [5.74, 6) is -2.75. The molecule has 0 fully saturated rings. The second kappa shape index (κ2) is 13.8. The van der Waals surface area contributed by atoms with Crippen LogP contribution in [0.25, 0.3) is 28.0 Å². The molecule has 16 heteroatoms. The number of H-pyrrole nitrogens is 1. The summed E-state index contributed by atoms with van der Waals surface area (Å²) in [4.78, 5) is 35.9. The van der Waals surface area contributed by atoms with Crippen molar-refractivity contribution in [1.29, 1.82) is 0 Å². The number of hydrogen-bond acceptors (Lipinski definition) is 7. The second-order valence-electron chi connectivity index (χ2n) is 10.4. The van der Waals surface area contributed by atoms with Crippen LogP contribution in [0.3, 0.4) is 0 Å². The number of halogens is 4. The molecule has 0 bridgehead atoms. The highest BCUT2D eigenvalue weighted by molar-refractivity contribution is 5.84. The molecular formula is C29H33F4N9O3. The number of benzene rings is 2. The molecule has 0 spiro atoms. The van der Waals surface area contributed by atoms with E-state index in [0.717, 1.165) is 6.07 Å². The van der Waals surface area contributed by atoms with Crippen LogP contribution < -0.4 is 38.7 Å². The number of guanidine groups is 1. The van der Waals surface area contributed by atoms with Crippen LogP contribution in [0.1, 0.15) is 36.9 Å². The number of aromatic amines is 1. The lowest BCUT2D eigenvalue weighted by atomic mass is 10.0. The third-order valence-electron chi connectivity index (χ3n) is 6.77. The van der Waals surface area contributed by atoms with Crippen molar-refractivity contribution in [3.8, 4) is 22.7 Å². The van der Waals surface area contributed by atoms with Gasteiger partial charge in [0, 0.05) is 29.7 Å². The summed E-state index contributed by atoms with van der Waals surface area (Å²) in [7, 11) is 0. The molecule has 0 aliphatic heterocycles. The zero-order chi connectivity index (χ0) is 32.9. The Morgan fingerprint density at radius 3 is 2.51 bits per heavy atom. The molecule has 4 rings (SSSR count). The maximum absolute atomic E-state index is 15.3. The van der Waals surface area contributed by atoms with Gasteiger partial charge in [0.1, 0.15) is 11.7 Å². The lowest BCUT2D eigenvalue weighted by Crippen LogP contribution is -2.36. The fraction of sp³-hybridized carbons (Fsp3) is 0.310. The van der Waals surface area contributed by atoms with Crippen molar-refractivity contribution in [2.45, 2.75) is 44.6 Å². The van der Waals surface area contributed by atoms with Gasteiger partial charge in [-0.1, -0.05) is 12.1 Å². The van der Waals surface area contributed by atoms with Gasteiger partial charge in [0.15, 0.2) is 17.5 Å². The summed E-state index contributed by atoms with van der Waals surface area (Å²) in [5, 5.41) is 3.00. The highest BCUT2D eigenvalue weighted by Crippen LogP contribution is 2.35. The Morgan fingerprint density at radius 1 is 1.16 bits per heavy atom. The van der Waals surface area contributed by atoms with Crippen LogP contribution in [0.4, 0.5) is 17.6 Å². The van der Waals surface area contributed by atoms with E-state index in [1.165, 1.54) is 22.9 Å². The third kappa shape index (κ3) is 8.57. The Bertz CT molecular complexity index is 1740. The molecule has 2 heterocycles. The van der Waals surface area contributed by atoms with Gasteiger partial charge in [-0.3, -0.25) is 14.4 Å². The molecule has 0 saturated heterocycles. The van der Waals surface area contributed by atoms with E-state index < -0.39 is 35.6 Å². The first-order valence-corrected chi connectivity index (χ1v) is 13.9. The minimum Gasteiger partial charge on any atom is -0.403 e. The zero-order valence-electron chi connectivity index (χ0n) is 24.2. The molecule has 45 heavy (non-hydrogen) atoms. The van der Waals surface area contributed by atoms with E-state index in [9.17, 15) is 22.8 Å². The standard InChI is InChI=1S/C29H33F4N9O3/c1-15(34)3-2-4-16-11-20(23(30)22(12-16)45-29(31,32)33)21-13-18-14-42(28(44)41-25(18)40-21)19-7-5-17(6-8-19)24(35)26(43)38-9-10-39-27(36)37/h5-8,11-15,24H,2-4,9-10,34-35H2,1H3,(H,38,43)(H4,36,37,39)(H,40,41,44)/t15-,24-/m0/s1. The number of nitrogens with one attached hydrogen (secondary N) is 2. The molecule has 0 unspecified atom stereocenters. The van der Waals surface area contributed by atoms with Gasteiger partial charge in [-0.2, -0.15) is 4.98 Å². The molecule has 0 aliphatic carbocycles. The van der Waals surface area contributed by atoms with Gasteiger partial charge in [0.25, 0.3) is 0 Å². The normalized spacial score (nSPS) is 13.0. The van der Waals surface area contributed by atoms with Gasteiger partial charge in [-0.05, 0) is 67.6 Å². The molecular weight excluding hydrogens is 598 g/mol. The van der Waals surface area contributed by atoms with E-state index in [-0.39, 0.29) is 42.0 Å². The lowest BCUT2D eigenvalue weighted by Gasteiger charge is -2.14. The van der Waals surface area contributed by atoms with Crippen molar-refractivity contribution in [2.24, 2.45) is 27.9 Å². The highest BCUT2D eigenvalue weighted by Gasteiger charge is 2.33. The number of hydrogen-bond donors (Lipinski definition) is 6. The summed E-state index contributed by atoms with van der Waals surface area (Å²) in [6.07, 6.45) is -2.13. The van der Waals surface area contributed by atoms with E-state index in [1.54, 1.807) is 24.3 Å². The lowest BCUT2D eigenvalue weighted by molar-refractivity contribution is -0.275. The second-order valence-corrected chi connectivity index (χ2v) is 10.4. The molecule has 0 saturated carbocycles. The molecule has 2 aromatic carbocycles. The van der Waals surface area contributed by atoms with Crippen molar-refractivity contribution in [3.63, 3.8) is 0 Å². The molecule has 4 aromatic rings. The molecule has 240 valence electrons. The number of alkyl halides is 3. The van der Waals surface area contributed by atoms with Gasteiger partial charge in [-0.15, -0.1) is 13.2 Å². The highest BCUT2D eigenvalue weighted by atomic mass is 19.4. The number of nitrogens with zero attached hydrogens (tertiary/aromatic N) is 3. The molecule has 0 radical (unpaired) electrons. The monoisotopic (exact) mass is 631 g/mol. The van der Waals surface area contributed by atoms with Crippen molar-refractivity contribution in [1.82, 2.24) is 19.9 Å². The third-order valence-corrected chi connectivity index (χ3v) is 6.77. The summed E-state index contributed by atoms with van der Waals surface area (Å²) < 4.78 is 59.7. The number of amides is 1. The van der Waals surface area contributed by atoms with Crippen molar-refractivity contribution >= 4 is 22.9 Å². The number of fused-ring (bicyclic) bond motifs is 1. The van der Waals surface area contributed by atoms with Gasteiger partial charge in [0.2, 0.25) is 5.91 Å². The van der Waals surface area contributed by atoms with Crippen LogP contribution in [-0.4, -0.2) is 51.9 Å². The van der Waals surface area contributed by atoms with E-state index in [4.69, 9.17) is 22.9 Å². The summed E-state index contributed by atoms with van der Waals surface area (Å²) in [6, 6.07) is 9.08. The molecule has 2 atom stereocenters. The number of nitrogens with two attached hydrogens (primary N) is 4. The topological polar surface area (TPSA) is 205 Å². The average Bonchev–Trinajstić information content (AvgIpc) is 3.37. The smallest absolute Gasteiger partial charge is 0.403 e. The first-order valence-electron chi connectivity index (χ1n) is 13.9. The number of ether oxygens (including phenoxy) is 1. The van der Waals surface area contributed by atoms with Crippen LogP contribution in [0.2, 0.25) is 0 Å². The quantitative estimate of drug-likeness (QED) is 0.0591. The largest absolute Gasteiger partial charge is 0.573 e. The number of aromatic nitrogens is 3. The molecule has 1 amide bonds. The Labute approximate surface area is 254 Å². The minimum atomic E-state index is -5.11. The van der Waals surface area contributed by atoms with Crippen LogP contribution in [0, 0.1) is 5.82 Å². The van der Waals surface area contributed by atoms with Crippen molar-refractivity contribution in [3.05, 3.63) is 76.1 Å². The predicted molar refractivity (Wildman–Crippen MR) is 161 cm³/mol. The summed E-state index contributed by atoms with van der Waals surface area (Å²) in [6.45, 7) is 2.18. The van der Waals surface area contributed by atoms with Crippen molar-refractivity contribution in [2.75, 3.05) is 13.1 Å². The number of rotatable bonds is 12. The molecule has 2 aromatic heterocycles. The number of carbonyl (C=O) groups excluding carboxylic acids is 1. The van der Waals surface area contributed by atoms with Crippen LogP contribution in [0.5, 0.6) is 5.75 Å². The fourth-order valence-corrected chi connectivity index (χ4v) is 4.61. The summed E-state index contributed by atoms with van der Waals surface area (Å²) >= 11 is 0. The van der Waals surface area contributed by atoms with Crippen LogP contribution >= 0.6 is 0 Å². The van der Waals surface area contributed by atoms with Gasteiger partial charge in [-0.25, -0.2) is 9.18 Å². The minimum absolute atomic E-state index is 0.0976. The Balaban J connectivity index is 1.61. The SMILES string of the molecule is C[C@H](N)CCCc1cc(OC(F)(F)F)c(F)c(-c2cc3cn(-c4ccc([C@H](N)C(=O)NCCN=C(N)N)cc4)c(=O)nc3[nH]2)c1. The number of carbonyl (C=O) groups is 1. The first kappa shape index (κ1) is 32.9. The van der Waals surface area contributed by atoms with Gasteiger partial charge < -0.3 is 38.0 Å². The maximum atomic E-state index is 15.3. The fourth-order valence-electron chi connectivity index (χ4n) is 4.61. The van der Waals surface area contributed by atoms with E-state index >= 15 is 4.39 Å². The maximum Gasteiger partial charge on any atom is 0.573 e. The Kier molecular flexibility index (Phi) is 10.1. The first-order chi connectivity index (χ1) is 21.2. The predicted octanol–water partition coefficient (Wildman–Crippen LogP) is 2.48. The number of aliphatic imine (C=N–C) groups is 1. The van der Waals surface area contributed by atoms with Gasteiger partial charge in [0.05, 0.1) is 17.9 Å². The van der Waals surface area contributed by atoms with Crippen molar-refractivity contribution < 1.29 is 27.1 Å². The zero-order valence-corrected chi connectivity index (χ0v) is 24.2. The van der Waals surface area contributed by atoms with E-state index in [1.807, 2.05) is 6.92 Å². The van der Waals surface area contributed by atoms with E-state index in [2.05, 4.69) is 25.0 Å². The Hall–Kier alpha value is -4.96. The van der Waals surface area contributed by atoms with Gasteiger partial charge >= 0.3 is 12.1 Å². The summed E-state index contributed by atoms with van der Waals surface area (Å²) in [5.41, 5.74) is 22.9. The van der Waals surface area contributed by atoms with Crippen LogP contribution in [0.15, 0.2) is 58.4 Å². The van der Waals surface area contributed by atoms with Crippen LogP contribution in [-0.2, 0) is 11.2 Å². The average molecular weight is 632 g/mol. The molecule has 0 aliphatic rings. The van der Waals surface area contributed by atoms with E-state index in [0.29, 0.717) is 41.5 Å². The molecule has 10 N–H and O–H groups in total. The number of aryl methyl sites for hydroxylation is 1.